The van der Waals surface area contributed by atoms with Crippen molar-refractivity contribution in [1.82, 2.24) is 10.6 Å². The molecule has 0 spiro atoms. The number of hydrogen-bond donors (Lipinski definition) is 2. The highest BCUT2D eigenvalue weighted by molar-refractivity contribution is 5.96. The number of nitriles is 1. The third-order valence-electron chi connectivity index (χ3n) is 4.14. The molecule has 8 nitrogen and oxygen atoms in total. The second-order valence-electron chi connectivity index (χ2n) is 6.02. The second kappa shape index (κ2) is 8.85. The van der Waals surface area contributed by atoms with Crippen molar-refractivity contribution in [2.45, 2.75) is 31.2 Å². The minimum absolute atomic E-state index is 0.340. The van der Waals surface area contributed by atoms with E-state index in [1.54, 1.807) is 18.2 Å². The van der Waals surface area contributed by atoms with E-state index in [2.05, 4.69) is 16.7 Å². The average molecular weight is 359 g/mol. The van der Waals surface area contributed by atoms with Gasteiger partial charge in [0.2, 0.25) is 0 Å². The third-order valence-corrected chi connectivity index (χ3v) is 4.14. The van der Waals surface area contributed by atoms with Crippen molar-refractivity contribution in [2.75, 3.05) is 20.3 Å². The molecule has 26 heavy (non-hydrogen) atoms. The van der Waals surface area contributed by atoms with Gasteiger partial charge in [0.1, 0.15) is 17.8 Å². The quantitative estimate of drug-likeness (QED) is 0.699. The Morgan fingerprint density at radius 1 is 1.27 bits per heavy atom. The first-order valence-electron chi connectivity index (χ1n) is 8.28. The number of ether oxygens (including phenoxy) is 2. The van der Waals surface area contributed by atoms with Crippen LogP contribution in [0.4, 0.5) is 0 Å². The van der Waals surface area contributed by atoms with Crippen molar-refractivity contribution < 1.29 is 23.9 Å². The summed E-state index contributed by atoms with van der Waals surface area (Å²) in [6.45, 7) is -0.857. The number of amides is 2. The zero-order valence-corrected chi connectivity index (χ0v) is 14.5. The lowest BCUT2D eigenvalue weighted by Crippen LogP contribution is -2.47. The molecule has 1 fully saturated rings. The smallest absolute Gasteiger partial charge is 0.325 e. The standard InChI is InChI=1S/C18H21N3O5/c1-25-14-6-4-5-13(9-14)17(24)20-10-16(23)26-11-15(22)21-18(12-19)7-2-3-8-18/h4-6,9H,2-3,7-8,10-11H2,1H3,(H,20,24)(H,21,22). The van der Waals surface area contributed by atoms with Gasteiger partial charge >= 0.3 is 5.97 Å². The molecule has 8 heteroatoms. The molecule has 0 heterocycles. The highest BCUT2D eigenvalue weighted by atomic mass is 16.5. The first kappa shape index (κ1) is 19.2. The van der Waals surface area contributed by atoms with Gasteiger partial charge in [-0.15, -0.1) is 0 Å². The summed E-state index contributed by atoms with van der Waals surface area (Å²) in [5, 5.41) is 14.2. The molecule has 1 aromatic rings. The summed E-state index contributed by atoms with van der Waals surface area (Å²) in [5.41, 5.74) is -0.517. The van der Waals surface area contributed by atoms with Crippen LogP contribution < -0.4 is 15.4 Å². The summed E-state index contributed by atoms with van der Waals surface area (Å²) in [5.74, 6) is -1.20. The SMILES string of the molecule is COc1cccc(C(=O)NCC(=O)OCC(=O)NC2(C#N)CCCC2)c1. The zero-order chi connectivity index (χ0) is 19.0. The number of methoxy groups -OCH3 is 1. The lowest BCUT2D eigenvalue weighted by Gasteiger charge is -2.21. The van der Waals surface area contributed by atoms with Crippen molar-refractivity contribution in [3.05, 3.63) is 29.8 Å². The Bertz CT molecular complexity index is 720. The topological polar surface area (TPSA) is 118 Å². The molecule has 1 saturated carbocycles. The summed E-state index contributed by atoms with van der Waals surface area (Å²) < 4.78 is 9.86. The Morgan fingerprint density at radius 2 is 2.00 bits per heavy atom. The summed E-state index contributed by atoms with van der Waals surface area (Å²) in [6, 6.07) is 8.60. The van der Waals surface area contributed by atoms with E-state index in [4.69, 9.17) is 9.47 Å². The van der Waals surface area contributed by atoms with E-state index in [1.165, 1.54) is 13.2 Å². The van der Waals surface area contributed by atoms with E-state index in [9.17, 15) is 19.6 Å². The number of esters is 1. The number of carbonyl (C=O) groups is 3. The summed E-state index contributed by atoms with van der Waals surface area (Å²) in [4.78, 5) is 35.5. The first-order valence-corrected chi connectivity index (χ1v) is 8.28. The van der Waals surface area contributed by atoms with Gasteiger partial charge in [-0.2, -0.15) is 5.26 Å². The fourth-order valence-corrected chi connectivity index (χ4v) is 2.76. The molecule has 0 aromatic heterocycles. The van der Waals surface area contributed by atoms with E-state index in [0.29, 0.717) is 24.2 Å². The molecule has 1 aromatic carbocycles. The van der Waals surface area contributed by atoms with Crippen LogP contribution in [0.3, 0.4) is 0 Å². The number of nitrogens with zero attached hydrogens (tertiary/aromatic N) is 1. The number of benzene rings is 1. The van der Waals surface area contributed by atoms with Crippen molar-refractivity contribution in [2.24, 2.45) is 0 Å². The average Bonchev–Trinajstić information content (AvgIpc) is 3.13. The van der Waals surface area contributed by atoms with Gasteiger partial charge in [-0.05, 0) is 43.9 Å². The van der Waals surface area contributed by atoms with Crippen LogP contribution >= 0.6 is 0 Å². The first-order chi connectivity index (χ1) is 12.5. The van der Waals surface area contributed by atoms with Gasteiger partial charge in [-0.25, -0.2) is 0 Å². The normalized spacial score (nSPS) is 14.8. The van der Waals surface area contributed by atoms with Crippen LogP contribution in [0.1, 0.15) is 36.0 Å². The maximum absolute atomic E-state index is 12.0. The molecule has 0 atom stereocenters. The second-order valence-corrected chi connectivity index (χ2v) is 6.02. The predicted octanol–water partition coefficient (Wildman–Crippen LogP) is 0.921. The van der Waals surface area contributed by atoms with E-state index < -0.39 is 29.9 Å². The van der Waals surface area contributed by atoms with Crippen LogP contribution in [0.2, 0.25) is 0 Å². The van der Waals surface area contributed by atoms with Gasteiger partial charge in [0.25, 0.3) is 11.8 Å². The summed E-state index contributed by atoms with van der Waals surface area (Å²) >= 11 is 0. The number of rotatable bonds is 7. The molecular weight excluding hydrogens is 338 g/mol. The monoisotopic (exact) mass is 359 g/mol. The van der Waals surface area contributed by atoms with Crippen molar-refractivity contribution in [3.8, 4) is 11.8 Å². The molecule has 1 aliphatic carbocycles. The van der Waals surface area contributed by atoms with E-state index >= 15 is 0 Å². The molecule has 138 valence electrons. The maximum atomic E-state index is 12.0. The third kappa shape index (κ3) is 5.21. The largest absolute Gasteiger partial charge is 0.497 e. The number of carbonyl (C=O) groups excluding carboxylic acids is 3. The van der Waals surface area contributed by atoms with Crippen molar-refractivity contribution in [1.29, 1.82) is 5.26 Å². The molecule has 0 aliphatic heterocycles. The van der Waals surface area contributed by atoms with Gasteiger partial charge < -0.3 is 20.1 Å². The van der Waals surface area contributed by atoms with Gasteiger partial charge in [0, 0.05) is 5.56 Å². The Labute approximate surface area is 151 Å². The van der Waals surface area contributed by atoms with Gasteiger partial charge in [0.05, 0.1) is 13.2 Å². The fourth-order valence-electron chi connectivity index (χ4n) is 2.76. The molecule has 2 N–H and O–H groups in total. The van der Waals surface area contributed by atoms with E-state index in [1.807, 2.05) is 0 Å². The Balaban J connectivity index is 1.74. The van der Waals surface area contributed by atoms with Gasteiger partial charge in [-0.3, -0.25) is 14.4 Å². The van der Waals surface area contributed by atoms with Crippen LogP contribution in [0.25, 0.3) is 0 Å². The van der Waals surface area contributed by atoms with E-state index in [-0.39, 0.29) is 6.54 Å². The van der Waals surface area contributed by atoms with E-state index in [0.717, 1.165) is 12.8 Å². The fraction of sp³-hybridized carbons (Fsp3) is 0.444. The van der Waals surface area contributed by atoms with Crippen LogP contribution in [-0.2, 0) is 14.3 Å². The predicted molar refractivity (Wildman–Crippen MR) is 91.2 cm³/mol. The van der Waals surface area contributed by atoms with Crippen LogP contribution in [-0.4, -0.2) is 43.6 Å². The van der Waals surface area contributed by atoms with Crippen molar-refractivity contribution in [3.63, 3.8) is 0 Å². The summed E-state index contributed by atoms with van der Waals surface area (Å²) in [6.07, 6.45) is 2.95. The number of hydrogen-bond acceptors (Lipinski definition) is 6. The zero-order valence-electron chi connectivity index (χ0n) is 14.5. The highest BCUT2D eigenvalue weighted by Crippen LogP contribution is 2.28. The Morgan fingerprint density at radius 3 is 2.65 bits per heavy atom. The summed E-state index contributed by atoms with van der Waals surface area (Å²) in [7, 11) is 1.49. The lowest BCUT2D eigenvalue weighted by atomic mass is 10.00. The molecule has 0 radical (unpaired) electrons. The van der Waals surface area contributed by atoms with Crippen LogP contribution in [0.15, 0.2) is 24.3 Å². The molecule has 1 aliphatic rings. The van der Waals surface area contributed by atoms with Crippen LogP contribution in [0.5, 0.6) is 5.75 Å². The Kier molecular flexibility index (Phi) is 6.55. The Hall–Kier alpha value is -3.08. The van der Waals surface area contributed by atoms with Crippen molar-refractivity contribution >= 4 is 17.8 Å². The van der Waals surface area contributed by atoms with Gasteiger partial charge in [-0.1, -0.05) is 6.07 Å². The lowest BCUT2D eigenvalue weighted by molar-refractivity contribution is -0.147. The van der Waals surface area contributed by atoms with Crippen LogP contribution in [0, 0.1) is 11.3 Å². The maximum Gasteiger partial charge on any atom is 0.325 e. The molecule has 2 amide bonds. The highest BCUT2D eigenvalue weighted by Gasteiger charge is 2.35. The molecular formula is C18H21N3O5. The molecule has 0 unspecified atom stereocenters. The number of nitrogens with one attached hydrogen (secondary N) is 2. The molecule has 0 bridgehead atoms. The molecule has 0 saturated heterocycles. The minimum atomic E-state index is -0.857. The minimum Gasteiger partial charge on any atom is -0.497 e. The van der Waals surface area contributed by atoms with Gasteiger partial charge in [0.15, 0.2) is 6.61 Å². The molecule has 2 rings (SSSR count).